The van der Waals surface area contributed by atoms with Gasteiger partial charge in [0.15, 0.2) is 0 Å². The molecule has 3 aliphatic rings. The van der Waals surface area contributed by atoms with E-state index in [-0.39, 0.29) is 17.1 Å². The Labute approximate surface area is 168 Å². The predicted molar refractivity (Wildman–Crippen MR) is 108 cm³/mol. The fraction of sp³-hybridized carbons (Fsp3) is 0.714. The summed E-state index contributed by atoms with van der Waals surface area (Å²) >= 11 is 0. The third-order valence-electron chi connectivity index (χ3n) is 6.85. The second-order valence-corrected chi connectivity index (χ2v) is 11.0. The Balaban J connectivity index is 1.33. The number of piperidine rings is 1. The lowest BCUT2D eigenvalue weighted by atomic mass is 9.77. The topological polar surface area (TPSA) is 59.1 Å². The molecule has 7 heteroatoms. The summed E-state index contributed by atoms with van der Waals surface area (Å²) in [5.41, 5.74) is 0.938. The lowest BCUT2D eigenvalue weighted by Gasteiger charge is -2.47. The van der Waals surface area contributed by atoms with Crippen LogP contribution in [0.1, 0.15) is 31.7 Å². The number of hydrogen-bond acceptors (Lipinski definition) is 5. The Morgan fingerprint density at radius 1 is 1.21 bits per heavy atom. The minimum absolute atomic E-state index is 0.00837. The number of likely N-dealkylation sites (tertiary alicyclic amines) is 1. The summed E-state index contributed by atoms with van der Waals surface area (Å²) in [4.78, 5) is 2.83. The summed E-state index contributed by atoms with van der Waals surface area (Å²) in [6.07, 6.45) is 3.04. The first-order chi connectivity index (χ1) is 13.3. The summed E-state index contributed by atoms with van der Waals surface area (Å²) in [5, 5.41) is 0. The van der Waals surface area contributed by atoms with Gasteiger partial charge in [0.2, 0.25) is 10.0 Å². The van der Waals surface area contributed by atoms with Crippen LogP contribution >= 0.6 is 0 Å². The van der Waals surface area contributed by atoms with Crippen molar-refractivity contribution >= 4 is 10.0 Å². The number of benzene rings is 1. The Morgan fingerprint density at radius 2 is 1.89 bits per heavy atom. The molecule has 3 fully saturated rings. The van der Waals surface area contributed by atoms with Crippen molar-refractivity contribution in [2.24, 2.45) is 5.41 Å². The van der Waals surface area contributed by atoms with Gasteiger partial charge in [-0.25, -0.2) is 8.42 Å². The summed E-state index contributed by atoms with van der Waals surface area (Å²) in [6.45, 7) is 8.79. The van der Waals surface area contributed by atoms with Crippen molar-refractivity contribution in [1.82, 2.24) is 9.21 Å². The van der Waals surface area contributed by atoms with E-state index in [1.807, 2.05) is 19.1 Å². The van der Waals surface area contributed by atoms with Crippen molar-refractivity contribution < 1.29 is 17.9 Å². The molecule has 0 aromatic heterocycles. The van der Waals surface area contributed by atoms with Gasteiger partial charge in [0.1, 0.15) is 0 Å². The molecule has 6 nitrogen and oxygen atoms in total. The zero-order chi connectivity index (χ0) is 20.0. The van der Waals surface area contributed by atoms with Crippen LogP contribution < -0.4 is 0 Å². The largest absolute Gasteiger partial charge is 0.376 e. The first kappa shape index (κ1) is 20.3. The van der Waals surface area contributed by atoms with Crippen molar-refractivity contribution in [2.75, 3.05) is 46.4 Å². The van der Waals surface area contributed by atoms with E-state index in [0.717, 1.165) is 51.1 Å². The molecule has 28 heavy (non-hydrogen) atoms. The molecule has 3 saturated heterocycles. The van der Waals surface area contributed by atoms with Crippen molar-refractivity contribution in [1.29, 1.82) is 0 Å². The maximum absolute atomic E-state index is 13.0. The molecule has 0 saturated carbocycles. The number of methoxy groups -OCH3 is 1. The van der Waals surface area contributed by atoms with Gasteiger partial charge in [-0.05, 0) is 50.2 Å². The molecular formula is C21H32N2O4S. The quantitative estimate of drug-likeness (QED) is 0.748. The highest BCUT2D eigenvalue weighted by atomic mass is 32.2. The van der Waals surface area contributed by atoms with Crippen molar-refractivity contribution in [2.45, 2.75) is 49.7 Å². The maximum atomic E-state index is 13.0. The molecule has 1 spiro atoms. The fourth-order valence-electron chi connectivity index (χ4n) is 4.99. The summed E-state index contributed by atoms with van der Waals surface area (Å²) in [7, 11) is -1.64. The number of ether oxygens (including phenoxy) is 2. The molecular weight excluding hydrogens is 376 g/mol. The average molecular weight is 409 g/mol. The summed E-state index contributed by atoms with van der Waals surface area (Å²) < 4.78 is 39.4. The van der Waals surface area contributed by atoms with Crippen LogP contribution in [0.3, 0.4) is 0 Å². The number of nitrogens with zero attached hydrogens (tertiary/aromatic N) is 2. The van der Waals surface area contributed by atoms with E-state index in [9.17, 15) is 8.42 Å². The molecule has 0 aliphatic carbocycles. The lowest BCUT2D eigenvalue weighted by Crippen LogP contribution is -2.62. The van der Waals surface area contributed by atoms with E-state index in [2.05, 4.69) is 11.8 Å². The normalized spacial score (nSPS) is 27.8. The SMILES string of the molecule is COC1(C)CN(CC2CC3(CCN(S(=O)(=O)c4ccccc4C)CC3)CO2)C1. The molecule has 4 rings (SSSR count). The molecule has 1 atom stereocenters. The molecule has 3 heterocycles. The molecule has 3 aliphatic heterocycles. The standard InChI is InChI=1S/C21H32N2O4S/c1-17-6-4-5-7-19(17)28(24,25)23-10-8-21(9-11-23)12-18(27-16-21)13-22-14-20(2,15-22)26-3/h4-7,18H,8-16H2,1-3H3. The van der Waals surface area contributed by atoms with E-state index < -0.39 is 10.0 Å². The van der Waals surface area contributed by atoms with Gasteiger partial charge in [0.25, 0.3) is 0 Å². The smallest absolute Gasteiger partial charge is 0.243 e. The second kappa shape index (κ2) is 7.36. The third-order valence-corrected chi connectivity index (χ3v) is 8.91. The molecule has 156 valence electrons. The van der Waals surface area contributed by atoms with E-state index in [0.29, 0.717) is 18.0 Å². The van der Waals surface area contributed by atoms with E-state index in [1.54, 1.807) is 23.5 Å². The van der Waals surface area contributed by atoms with Gasteiger partial charge < -0.3 is 9.47 Å². The van der Waals surface area contributed by atoms with Crippen LogP contribution in [0.15, 0.2) is 29.2 Å². The molecule has 1 unspecified atom stereocenters. The Hall–Kier alpha value is -0.990. The van der Waals surface area contributed by atoms with Gasteiger partial charge in [-0.1, -0.05) is 18.2 Å². The molecule has 0 bridgehead atoms. The van der Waals surface area contributed by atoms with Crippen molar-refractivity contribution in [3.05, 3.63) is 29.8 Å². The third kappa shape index (κ3) is 3.75. The summed E-state index contributed by atoms with van der Waals surface area (Å²) in [6, 6.07) is 7.25. The molecule has 0 radical (unpaired) electrons. The summed E-state index contributed by atoms with van der Waals surface area (Å²) in [5.74, 6) is 0. The van der Waals surface area contributed by atoms with Crippen LogP contribution in [-0.4, -0.2) is 75.8 Å². The maximum Gasteiger partial charge on any atom is 0.243 e. The number of aryl methyl sites for hydroxylation is 1. The average Bonchev–Trinajstić information content (AvgIpc) is 3.03. The highest BCUT2D eigenvalue weighted by molar-refractivity contribution is 7.89. The molecule has 1 aromatic carbocycles. The van der Waals surface area contributed by atoms with Gasteiger partial charge >= 0.3 is 0 Å². The van der Waals surface area contributed by atoms with Gasteiger partial charge in [-0.2, -0.15) is 4.31 Å². The molecule has 0 N–H and O–H groups in total. The van der Waals surface area contributed by atoms with Crippen LogP contribution in [-0.2, 0) is 19.5 Å². The van der Waals surface area contributed by atoms with Crippen LogP contribution in [0, 0.1) is 12.3 Å². The lowest BCUT2D eigenvalue weighted by molar-refractivity contribution is -0.120. The van der Waals surface area contributed by atoms with Gasteiger partial charge in [0.05, 0.1) is 23.2 Å². The van der Waals surface area contributed by atoms with E-state index >= 15 is 0 Å². The van der Waals surface area contributed by atoms with E-state index in [4.69, 9.17) is 9.47 Å². The minimum atomic E-state index is -3.41. The Bertz CT molecular complexity index is 811. The minimum Gasteiger partial charge on any atom is -0.376 e. The van der Waals surface area contributed by atoms with Crippen LogP contribution in [0.25, 0.3) is 0 Å². The molecule has 0 amide bonds. The number of rotatable bonds is 5. The number of sulfonamides is 1. The fourth-order valence-corrected chi connectivity index (χ4v) is 6.66. The van der Waals surface area contributed by atoms with Crippen LogP contribution in [0.5, 0.6) is 0 Å². The zero-order valence-corrected chi connectivity index (χ0v) is 18.0. The van der Waals surface area contributed by atoms with Crippen molar-refractivity contribution in [3.8, 4) is 0 Å². The monoisotopic (exact) mass is 408 g/mol. The van der Waals surface area contributed by atoms with Crippen LogP contribution in [0.2, 0.25) is 0 Å². The first-order valence-corrected chi connectivity index (χ1v) is 11.6. The van der Waals surface area contributed by atoms with Gasteiger partial charge in [-0.15, -0.1) is 0 Å². The van der Waals surface area contributed by atoms with E-state index in [1.165, 1.54) is 0 Å². The van der Waals surface area contributed by atoms with Crippen molar-refractivity contribution in [3.63, 3.8) is 0 Å². The Kier molecular flexibility index (Phi) is 5.33. The molecule has 1 aromatic rings. The first-order valence-electron chi connectivity index (χ1n) is 10.2. The Morgan fingerprint density at radius 3 is 2.54 bits per heavy atom. The highest BCUT2D eigenvalue weighted by Crippen LogP contribution is 2.43. The van der Waals surface area contributed by atoms with Crippen LogP contribution in [0.4, 0.5) is 0 Å². The number of hydrogen-bond donors (Lipinski definition) is 0. The predicted octanol–water partition coefficient (Wildman–Crippen LogP) is 2.28. The zero-order valence-electron chi connectivity index (χ0n) is 17.2. The van der Waals surface area contributed by atoms with Gasteiger partial charge in [0, 0.05) is 39.8 Å². The van der Waals surface area contributed by atoms with Gasteiger partial charge in [-0.3, -0.25) is 4.90 Å². The second-order valence-electron chi connectivity index (χ2n) is 9.13. The highest BCUT2D eigenvalue weighted by Gasteiger charge is 2.46.